The van der Waals surface area contributed by atoms with E-state index in [1.54, 1.807) is 7.05 Å². The first-order valence-corrected chi connectivity index (χ1v) is 5.58. The first kappa shape index (κ1) is 13.9. The molecule has 0 amide bonds. The Bertz CT molecular complexity index is 328. The van der Waals surface area contributed by atoms with Crippen molar-refractivity contribution >= 4 is 16.4 Å². The zero-order valence-corrected chi connectivity index (χ0v) is 9.11. The minimum absolute atomic E-state index is 0.406. The lowest BCUT2D eigenvalue weighted by molar-refractivity contribution is 0.381. The van der Waals surface area contributed by atoms with Gasteiger partial charge in [-0.25, -0.2) is 0 Å². The van der Waals surface area contributed by atoms with Crippen molar-refractivity contribution in [2.45, 2.75) is 18.9 Å². The van der Waals surface area contributed by atoms with Gasteiger partial charge in [0.2, 0.25) is 0 Å². The van der Waals surface area contributed by atoms with Gasteiger partial charge in [-0.15, -0.1) is 0 Å². The van der Waals surface area contributed by atoms with E-state index in [1.165, 1.54) is 0 Å². The monoisotopic (exact) mass is 237 g/mol. The molecule has 0 aromatic heterocycles. The average molecular weight is 237 g/mol. The molecule has 0 bridgehead atoms. The van der Waals surface area contributed by atoms with Gasteiger partial charge in [-0.05, 0) is 12.8 Å². The third-order valence-electron chi connectivity index (χ3n) is 1.59. The molecule has 0 fully saturated rings. The van der Waals surface area contributed by atoms with Crippen LogP contribution in [0.4, 0.5) is 0 Å². The van der Waals surface area contributed by atoms with E-state index in [0.29, 0.717) is 12.0 Å². The summed E-state index contributed by atoms with van der Waals surface area (Å²) in [5.41, 5.74) is 5.46. The number of aliphatic imine (C=N–C) groups is 1. The summed E-state index contributed by atoms with van der Waals surface area (Å²) >= 11 is 0. The second kappa shape index (κ2) is 6.38. The average Bonchev–Trinajstić information content (AvgIpc) is 2.53. The summed E-state index contributed by atoms with van der Waals surface area (Å²) in [5.74, 6) is 0.525. The molecule has 88 valence electrons. The molecule has 1 aliphatic carbocycles. The van der Waals surface area contributed by atoms with Crippen LogP contribution >= 0.6 is 0 Å². The quantitative estimate of drug-likeness (QED) is 0.212. The zero-order valence-electron chi connectivity index (χ0n) is 8.29. The van der Waals surface area contributed by atoms with Crippen LogP contribution in [0.3, 0.4) is 0 Å². The molecule has 1 unspecified atom stereocenters. The molecule has 1 rings (SSSR count). The van der Waals surface area contributed by atoms with Crippen molar-refractivity contribution in [3.8, 4) is 0 Å². The van der Waals surface area contributed by atoms with E-state index in [9.17, 15) is 0 Å². The Morgan fingerprint density at radius 1 is 1.60 bits per heavy atom. The lowest BCUT2D eigenvalue weighted by Gasteiger charge is -2.09. The number of rotatable bonds is 1. The van der Waals surface area contributed by atoms with Gasteiger partial charge in [0.15, 0.2) is 5.96 Å². The molecule has 0 aliphatic heterocycles. The molecule has 0 radical (unpaired) electrons. The SMILES string of the molecule is CN=C(N)NC1C=CCC1.O=S(=O)(O)O. The summed E-state index contributed by atoms with van der Waals surface area (Å²) < 4.78 is 31.6. The second-order valence-electron chi connectivity index (χ2n) is 2.81. The second-order valence-corrected chi connectivity index (χ2v) is 3.71. The van der Waals surface area contributed by atoms with Crippen LogP contribution in [0, 0.1) is 0 Å². The lowest BCUT2D eigenvalue weighted by atomic mass is 10.3. The molecule has 5 N–H and O–H groups in total. The van der Waals surface area contributed by atoms with E-state index >= 15 is 0 Å². The van der Waals surface area contributed by atoms with E-state index in [0.717, 1.165) is 12.8 Å². The highest BCUT2D eigenvalue weighted by Crippen LogP contribution is 2.07. The fraction of sp³-hybridized carbons (Fsp3) is 0.571. The van der Waals surface area contributed by atoms with Crippen LogP contribution in [-0.4, -0.2) is 36.6 Å². The normalized spacial score (nSPS) is 20.7. The fourth-order valence-corrected chi connectivity index (χ4v) is 1.01. The summed E-state index contributed by atoms with van der Waals surface area (Å²) in [4.78, 5) is 3.80. The van der Waals surface area contributed by atoms with E-state index < -0.39 is 10.4 Å². The Morgan fingerprint density at radius 3 is 2.47 bits per heavy atom. The molecule has 0 spiro atoms. The van der Waals surface area contributed by atoms with Crippen LogP contribution in [0.15, 0.2) is 17.1 Å². The number of guanidine groups is 1. The molecule has 0 saturated carbocycles. The van der Waals surface area contributed by atoms with Crippen molar-refractivity contribution in [1.82, 2.24) is 5.32 Å². The van der Waals surface area contributed by atoms with Gasteiger partial charge >= 0.3 is 10.4 Å². The van der Waals surface area contributed by atoms with Gasteiger partial charge in [-0.3, -0.25) is 14.1 Å². The lowest BCUT2D eigenvalue weighted by Crippen LogP contribution is -2.37. The number of nitrogens with two attached hydrogens (primary N) is 1. The fourth-order valence-electron chi connectivity index (χ4n) is 1.01. The third-order valence-corrected chi connectivity index (χ3v) is 1.59. The van der Waals surface area contributed by atoms with Crippen molar-refractivity contribution in [3.63, 3.8) is 0 Å². The van der Waals surface area contributed by atoms with Gasteiger partial charge in [-0.1, -0.05) is 12.2 Å². The highest BCUT2D eigenvalue weighted by Gasteiger charge is 2.07. The highest BCUT2D eigenvalue weighted by molar-refractivity contribution is 7.79. The summed E-state index contributed by atoms with van der Waals surface area (Å²) in [6, 6.07) is 0.406. The van der Waals surface area contributed by atoms with Crippen molar-refractivity contribution in [3.05, 3.63) is 12.2 Å². The molecule has 0 saturated heterocycles. The molecular weight excluding hydrogens is 222 g/mol. The maximum Gasteiger partial charge on any atom is 0.394 e. The predicted molar refractivity (Wildman–Crippen MR) is 57.0 cm³/mol. The molecule has 0 heterocycles. The largest absolute Gasteiger partial charge is 0.394 e. The number of hydrogen-bond acceptors (Lipinski definition) is 3. The minimum atomic E-state index is -4.67. The molecule has 15 heavy (non-hydrogen) atoms. The Hall–Kier alpha value is -1.12. The summed E-state index contributed by atoms with van der Waals surface area (Å²) in [6.45, 7) is 0. The minimum Gasteiger partial charge on any atom is -0.370 e. The van der Waals surface area contributed by atoms with Gasteiger partial charge in [0.25, 0.3) is 0 Å². The van der Waals surface area contributed by atoms with E-state index in [1.807, 2.05) is 0 Å². The Kier molecular flexibility index (Phi) is 5.90. The number of nitrogens with zero attached hydrogens (tertiary/aromatic N) is 1. The third kappa shape index (κ3) is 10.8. The Morgan fingerprint density at radius 2 is 2.13 bits per heavy atom. The Labute approximate surface area is 88.7 Å². The van der Waals surface area contributed by atoms with Crippen molar-refractivity contribution in [1.29, 1.82) is 0 Å². The maximum absolute atomic E-state index is 8.74. The van der Waals surface area contributed by atoms with Gasteiger partial charge < -0.3 is 11.1 Å². The first-order chi connectivity index (χ1) is 6.83. The van der Waals surface area contributed by atoms with Crippen LogP contribution in [-0.2, 0) is 10.4 Å². The standard InChI is InChI=1S/C7H13N3.H2O4S/c1-9-7(8)10-6-4-2-3-5-6;1-5(2,3)4/h2,4,6H,3,5H2,1H3,(H3,8,9,10);(H2,1,2,3,4). The van der Waals surface area contributed by atoms with E-state index in [2.05, 4.69) is 22.5 Å². The predicted octanol–water partition coefficient (Wildman–Crippen LogP) is -0.414. The van der Waals surface area contributed by atoms with Crippen LogP contribution < -0.4 is 11.1 Å². The molecule has 8 heteroatoms. The van der Waals surface area contributed by atoms with Crippen molar-refractivity contribution in [2.75, 3.05) is 7.05 Å². The molecule has 1 atom stereocenters. The van der Waals surface area contributed by atoms with E-state index in [-0.39, 0.29) is 0 Å². The molecule has 7 nitrogen and oxygen atoms in total. The Balaban J connectivity index is 0.000000336. The topological polar surface area (TPSA) is 125 Å². The summed E-state index contributed by atoms with van der Waals surface area (Å²) in [6.07, 6.45) is 6.56. The summed E-state index contributed by atoms with van der Waals surface area (Å²) in [5, 5.41) is 3.07. The van der Waals surface area contributed by atoms with Gasteiger partial charge in [0, 0.05) is 13.1 Å². The summed E-state index contributed by atoms with van der Waals surface area (Å²) in [7, 11) is -2.99. The van der Waals surface area contributed by atoms with Crippen LogP contribution in [0.1, 0.15) is 12.8 Å². The number of allylic oxidation sites excluding steroid dienone is 1. The molecule has 0 aromatic rings. The van der Waals surface area contributed by atoms with Crippen LogP contribution in [0.5, 0.6) is 0 Å². The van der Waals surface area contributed by atoms with Crippen molar-refractivity contribution < 1.29 is 17.5 Å². The van der Waals surface area contributed by atoms with Crippen LogP contribution in [0.25, 0.3) is 0 Å². The molecule has 0 aromatic carbocycles. The van der Waals surface area contributed by atoms with Gasteiger partial charge in [-0.2, -0.15) is 8.42 Å². The first-order valence-electron chi connectivity index (χ1n) is 4.18. The van der Waals surface area contributed by atoms with Gasteiger partial charge in [0.05, 0.1) is 0 Å². The van der Waals surface area contributed by atoms with Gasteiger partial charge in [0.1, 0.15) is 0 Å². The molecule has 1 aliphatic rings. The maximum atomic E-state index is 8.74. The van der Waals surface area contributed by atoms with Crippen LogP contribution in [0.2, 0.25) is 0 Å². The number of hydrogen-bond donors (Lipinski definition) is 4. The smallest absolute Gasteiger partial charge is 0.370 e. The van der Waals surface area contributed by atoms with E-state index in [4.69, 9.17) is 23.3 Å². The van der Waals surface area contributed by atoms with Crippen molar-refractivity contribution in [2.24, 2.45) is 10.7 Å². The number of nitrogens with one attached hydrogen (secondary N) is 1. The zero-order chi connectivity index (χ0) is 11.9. The highest BCUT2D eigenvalue weighted by atomic mass is 32.3. The molecular formula is C7H15N3O4S.